The maximum Gasteiger partial charge on any atom is 0.242 e. The number of carbonyl (C=O) groups is 1. The zero-order valence-electron chi connectivity index (χ0n) is 13.2. The van der Waals surface area contributed by atoms with Gasteiger partial charge in [0.2, 0.25) is 5.91 Å². The average molecular weight is 290 g/mol. The van der Waals surface area contributed by atoms with Crippen molar-refractivity contribution in [3.05, 3.63) is 35.4 Å². The lowest BCUT2D eigenvalue weighted by Crippen LogP contribution is -2.52. The maximum atomic E-state index is 12.8. The molecule has 0 saturated heterocycles. The Hall–Kier alpha value is -1.39. The molecule has 0 radical (unpaired) electrons. The standard InChI is InChI=1S/C17H26N2O2/c1-13-8-4-5-9-14(13)15(19(2)3)16(21)18-17(12-20)10-6-7-11-17/h4-5,8-9,15,20H,6-7,10-12H2,1-3H3,(H,18,21)/t15-/m1/s1. The molecule has 0 aliphatic heterocycles. The van der Waals surface area contributed by atoms with Gasteiger partial charge in [-0.1, -0.05) is 37.1 Å². The molecule has 4 heteroatoms. The summed E-state index contributed by atoms with van der Waals surface area (Å²) in [6.45, 7) is 2.04. The first-order valence-electron chi connectivity index (χ1n) is 7.64. The Bertz CT molecular complexity index is 493. The zero-order valence-corrected chi connectivity index (χ0v) is 13.2. The van der Waals surface area contributed by atoms with E-state index in [-0.39, 0.29) is 18.6 Å². The van der Waals surface area contributed by atoms with Crippen molar-refractivity contribution in [2.24, 2.45) is 0 Å². The number of nitrogens with one attached hydrogen (secondary N) is 1. The molecule has 1 saturated carbocycles. The molecule has 1 aliphatic rings. The Morgan fingerprint density at radius 3 is 2.48 bits per heavy atom. The molecular formula is C17H26N2O2. The number of amides is 1. The summed E-state index contributed by atoms with van der Waals surface area (Å²) >= 11 is 0. The molecule has 1 fully saturated rings. The fourth-order valence-corrected chi connectivity index (χ4v) is 3.25. The molecule has 2 rings (SSSR count). The normalized spacial score (nSPS) is 18.7. The van der Waals surface area contributed by atoms with Gasteiger partial charge in [-0.15, -0.1) is 0 Å². The van der Waals surface area contributed by atoms with Gasteiger partial charge in [-0.3, -0.25) is 9.69 Å². The lowest BCUT2D eigenvalue weighted by Gasteiger charge is -2.33. The van der Waals surface area contributed by atoms with Crippen LogP contribution in [0.15, 0.2) is 24.3 Å². The highest BCUT2D eigenvalue weighted by Gasteiger charge is 2.37. The van der Waals surface area contributed by atoms with Crippen molar-refractivity contribution >= 4 is 5.91 Å². The second-order valence-corrected chi connectivity index (χ2v) is 6.36. The van der Waals surface area contributed by atoms with E-state index in [1.807, 2.05) is 50.2 Å². The van der Waals surface area contributed by atoms with Crippen LogP contribution >= 0.6 is 0 Å². The number of nitrogens with zero attached hydrogens (tertiary/aromatic N) is 1. The molecule has 1 amide bonds. The van der Waals surface area contributed by atoms with Crippen molar-refractivity contribution in [2.75, 3.05) is 20.7 Å². The SMILES string of the molecule is Cc1ccccc1[C@H](C(=O)NC1(CO)CCCC1)N(C)C. The van der Waals surface area contributed by atoms with Gasteiger partial charge in [-0.25, -0.2) is 0 Å². The molecule has 1 aliphatic carbocycles. The molecule has 0 spiro atoms. The number of rotatable bonds is 5. The van der Waals surface area contributed by atoms with Crippen molar-refractivity contribution in [3.8, 4) is 0 Å². The molecule has 2 N–H and O–H groups in total. The van der Waals surface area contributed by atoms with Gasteiger partial charge in [-0.05, 0) is 45.0 Å². The molecule has 0 bridgehead atoms. The van der Waals surface area contributed by atoms with Crippen LogP contribution in [0.3, 0.4) is 0 Å². The summed E-state index contributed by atoms with van der Waals surface area (Å²) in [6.07, 6.45) is 3.86. The van der Waals surface area contributed by atoms with Crippen molar-refractivity contribution < 1.29 is 9.90 Å². The van der Waals surface area contributed by atoms with E-state index in [1.165, 1.54) is 0 Å². The number of benzene rings is 1. The Kier molecular flexibility index (Phi) is 5.01. The molecule has 0 heterocycles. The lowest BCUT2D eigenvalue weighted by atomic mass is 9.95. The minimum atomic E-state index is -0.423. The monoisotopic (exact) mass is 290 g/mol. The van der Waals surface area contributed by atoms with E-state index >= 15 is 0 Å². The third kappa shape index (κ3) is 3.44. The summed E-state index contributed by atoms with van der Waals surface area (Å²) in [6, 6.07) is 7.64. The maximum absolute atomic E-state index is 12.8. The Labute approximate surface area is 127 Å². The topological polar surface area (TPSA) is 52.6 Å². The number of likely N-dealkylation sites (N-methyl/N-ethyl adjacent to an activating group) is 1. The third-order valence-corrected chi connectivity index (χ3v) is 4.50. The van der Waals surface area contributed by atoms with Gasteiger partial charge in [-0.2, -0.15) is 0 Å². The van der Waals surface area contributed by atoms with Crippen LogP contribution < -0.4 is 5.32 Å². The minimum absolute atomic E-state index is 0.0205. The van der Waals surface area contributed by atoms with Crippen LogP contribution in [-0.4, -0.2) is 42.2 Å². The largest absolute Gasteiger partial charge is 0.394 e. The van der Waals surface area contributed by atoms with Gasteiger partial charge in [0.15, 0.2) is 0 Å². The van der Waals surface area contributed by atoms with E-state index in [9.17, 15) is 9.90 Å². The number of carbonyl (C=O) groups excluding carboxylic acids is 1. The molecule has 0 aromatic heterocycles. The summed E-state index contributed by atoms with van der Waals surface area (Å²) in [5.41, 5.74) is 1.70. The smallest absolute Gasteiger partial charge is 0.242 e. The molecule has 1 atom stereocenters. The summed E-state index contributed by atoms with van der Waals surface area (Å²) in [5.74, 6) is -0.0229. The van der Waals surface area contributed by atoms with Gasteiger partial charge < -0.3 is 10.4 Å². The van der Waals surface area contributed by atoms with Crippen molar-refractivity contribution in [1.82, 2.24) is 10.2 Å². The second kappa shape index (κ2) is 6.58. The predicted molar refractivity (Wildman–Crippen MR) is 84.0 cm³/mol. The second-order valence-electron chi connectivity index (χ2n) is 6.36. The quantitative estimate of drug-likeness (QED) is 0.872. The highest BCUT2D eigenvalue weighted by molar-refractivity contribution is 5.84. The zero-order chi connectivity index (χ0) is 15.5. The molecular weight excluding hydrogens is 264 g/mol. The van der Waals surface area contributed by atoms with Crippen molar-refractivity contribution in [2.45, 2.75) is 44.2 Å². The lowest BCUT2D eigenvalue weighted by molar-refractivity contribution is -0.128. The molecule has 1 aromatic carbocycles. The van der Waals surface area contributed by atoms with Gasteiger partial charge in [0.05, 0.1) is 12.1 Å². The van der Waals surface area contributed by atoms with Crippen LogP contribution in [0.4, 0.5) is 0 Å². The molecule has 4 nitrogen and oxygen atoms in total. The van der Waals surface area contributed by atoms with Crippen LogP contribution in [-0.2, 0) is 4.79 Å². The number of aryl methyl sites for hydroxylation is 1. The van der Waals surface area contributed by atoms with E-state index < -0.39 is 5.54 Å². The predicted octanol–water partition coefficient (Wildman–Crippen LogP) is 2.02. The van der Waals surface area contributed by atoms with Crippen LogP contribution in [0.2, 0.25) is 0 Å². The number of hydrogen-bond acceptors (Lipinski definition) is 3. The Morgan fingerprint density at radius 1 is 1.33 bits per heavy atom. The first-order valence-corrected chi connectivity index (χ1v) is 7.64. The first-order chi connectivity index (χ1) is 9.99. The van der Waals surface area contributed by atoms with Crippen LogP contribution in [0.25, 0.3) is 0 Å². The summed E-state index contributed by atoms with van der Waals surface area (Å²) in [5, 5.41) is 12.8. The Balaban J connectivity index is 2.23. The van der Waals surface area contributed by atoms with Gasteiger partial charge >= 0.3 is 0 Å². The summed E-state index contributed by atoms with van der Waals surface area (Å²) in [4.78, 5) is 14.7. The van der Waals surface area contributed by atoms with E-state index in [1.54, 1.807) is 0 Å². The van der Waals surface area contributed by atoms with Crippen LogP contribution in [0.5, 0.6) is 0 Å². The Morgan fingerprint density at radius 2 is 1.95 bits per heavy atom. The van der Waals surface area contributed by atoms with E-state index in [0.29, 0.717) is 0 Å². The molecule has 21 heavy (non-hydrogen) atoms. The summed E-state index contributed by atoms with van der Waals surface area (Å²) in [7, 11) is 3.83. The van der Waals surface area contributed by atoms with Gasteiger partial charge in [0.1, 0.15) is 6.04 Å². The van der Waals surface area contributed by atoms with Gasteiger partial charge in [0.25, 0.3) is 0 Å². The van der Waals surface area contributed by atoms with Gasteiger partial charge in [0, 0.05) is 0 Å². The fraction of sp³-hybridized carbons (Fsp3) is 0.588. The minimum Gasteiger partial charge on any atom is -0.394 e. The van der Waals surface area contributed by atoms with E-state index in [2.05, 4.69) is 5.32 Å². The molecule has 0 unspecified atom stereocenters. The first kappa shape index (κ1) is 16.0. The molecule has 1 aromatic rings. The van der Waals surface area contributed by atoms with Crippen molar-refractivity contribution in [1.29, 1.82) is 0 Å². The van der Waals surface area contributed by atoms with E-state index in [4.69, 9.17) is 0 Å². The fourth-order valence-electron chi connectivity index (χ4n) is 3.25. The molecule has 116 valence electrons. The third-order valence-electron chi connectivity index (χ3n) is 4.50. The summed E-state index contributed by atoms with van der Waals surface area (Å²) < 4.78 is 0. The number of aliphatic hydroxyl groups is 1. The van der Waals surface area contributed by atoms with E-state index in [0.717, 1.165) is 36.8 Å². The average Bonchev–Trinajstić information content (AvgIpc) is 2.90. The highest BCUT2D eigenvalue weighted by atomic mass is 16.3. The number of aliphatic hydroxyl groups excluding tert-OH is 1. The highest BCUT2D eigenvalue weighted by Crippen LogP contribution is 2.31. The van der Waals surface area contributed by atoms with Crippen molar-refractivity contribution in [3.63, 3.8) is 0 Å². The number of hydrogen-bond donors (Lipinski definition) is 2. The van der Waals surface area contributed by atoms with Crippen LogP contribution in [0.1, 0.15) is 42.9 Å². The van der Waals surface area contributed by atoms with Crippen LogP contribution in [0, 0.1) is 6.92 Å².